The molecule has 0 aromatic heterocycles. The smallest absolute Gasteiger partial charge is 0.371 e. The molecule has 0 aliphatic heterocycles. The fourth-order valence-corrected chi connectivity index (χ4v) is 0.729. The molecule has 2 nitrogen and oxygen atoms in total. The topological polar surface area (TPSA) is 21.3 Å². The van der Waals surface area contributed by atoms with Gasteiger partial charge < -0.3 is 10.1 Å². The van der Waals surface area contributed by atoms with E-state index >= 15 is 0 Å². The Kier molecular flexibility index (Phi) is 6.45. The lowest BCUT2D eigenvalue weighted by Crippen LogP contribution is -2.31. The van der Waals surface area contributed by atoms with Gasteiger partial charge in [0.25, 0.3) is 0 Å². The summed E-state index contributed by atoms with van der Waals surface area (Å²) in [6.07, 6.45) is -4.24. The molecule has 0 fully saturated rings. The molecule has 0 bridgehead atoms. The van der Waals surface area contributed by atoms with Crippen molar-refractivity contribution < 1.29 is 17.9 Å². The molecule has 0 spiro atoms. The van der Waals surface area contributed by atoms with Gasteiger partial charge in [0.2, 0.25) is 0 Å². The van der Waals surface area contributed by atoms with E-state index in [4.69, 9.17) is 11.6 Å². The Balaban J connectivity index is 3.18. The van der Waals surface area contributed by atoms with Crippen LogP contribution in [-0.4, -0.2) is 37.9 Å². The van der Waals surface area contributed by atoms with Crippen LogP contribution in [0, 0.1) is 0 Å². The minimum atomic E-state index is -4.24. The molecule has 13 heavy (non-hydrogen) atoms. The zero-order valence-corrected chi connectivity index (χ0v) is 8.08. The van der Waals surface area contributed by atoms with Crippen molar-refractivity contribution in [3.63, 3.8) is 0 Å². The zero-order chi connectivity index (χ0) is 10.3. The van der Waals surface area contributed by atoms with Crippen LogP contribution in [0.25, 0.3) is 0 Å². The van der Waals surface area contributed by atoms with Crippen LogP contribution in [-0.2, 0) is 4.74 Å². The SMILES string of the molecule is CC(CCl)NCCOCC(F)(F)F. The lowest BCUT2D eigenvalue weighted by Gasteiger charge is -2.11. The third kappa shape index (κ3) is 9.92. The minimum absolute atomic E-state index is 0.0424. The van der Waals surface area contributed by atoms with Crippen LogP contribution < -0.4 is 5.32 Å². The molecule has 0 rings (SSSR count). The van der Waals surface area contributed by atoms with Crippen LogP contribution in [0.4, 0.5) is 13.2 Å². The molecule has 0 aliphatic rings. The van der Waals surface area contributed by atoms with Crippen LogP contribution in [0.1, 0.15) is 6.92 Å². The van der Waals surface area contributed by atoms with Crippen LogP contribution in [0.15, 0.2) is 0 Å². The summed E-state index contributed by atoms with van der Waals surface area (Å²) in [4.78, 5) is 0. The molecular formula is C7H13ClF3NO. The fourth-order valence-electron chi connectivity index (χ4n) is 0.620. The Morgan fingerprint density at radius 1 is 1.46 bits per heavy atom. The van der Waals surface area contributed by atoms with Crippen molar-refractivity contribution in [1.82, 2.24) is 5.32 Å². The van der Waals surface area contributed by atoms with Crippen molar-refractivity contribution in [1.29, 1.82) is 0 Å². The number of halogens is 4. The first-order valence-electron chi connectivity index (χ1n) is 3.89. The highest BCUT2D eigenvalue weighted by Crippen LogP contribution is 2.13. The third-order valence-corrected chi connectivity index (χ3v) is 1.70. The summed E-state index contributed by atoms with van der Waals surface area (Å²) in [6.45, 7) is 1.07. The molecule has 80 valence electrons. The van der Waals surface area contributed by atoms with Crippen molar-refractivity contribution in [2.75, 3.05) is 25.6 Å². The van der Waals surface area contributed by atoms with Gasteiger partial charge in [-0.05, 0) is 6.92 Å². The van der Waals surface area contributed by atoms with Gasteiger partial charge in [0.05, 0.1) is 6.61 Å². The van der Waals surface area contributed by atoms with E-state index < -0.39 is 12.8 Å². The minimum Gasteiger partial charge on any atom is -0.371 e. The number of ether oxygens (including phenoxy) is 1. The van der Waals surface area contributed by atoms with Gasteiger partial charge in [-0.2, -0.15) is 13.2 Å². The van der Waals surface area contributed by atoms with Crippen molar-refractivity contribution in [3.05, 3.63) is 0 Å². The molecule has 0 saturated carbocycles. The second-order valence-corrected chi connectivity index (χ2v) is 2.99. The highest BCUT2D eigenvalue weighted by Gasteiger charge is 2.27. The molecule has 1 atom stereocenters. The molecule has 0 aliphatic carbocycles. The van der Waals surface area contributed by atoms with Gasteiger partial charge in [-0.3, -0.25) is 0 Å². The predicted molar refractivity (Wildman–Crippen MR) is 45.1 cm³/mol. The van der Waals surface area contributed by atoms with Gasteiger partial charge in [0.15, 0.2) is 0 Å². The maximum Gasteiger partial charge on any atom is 0.411 e. The Morgan fingerprint density at radius 3 is 2.54 bits per heavy atom. The van der Waals surface area contributed by atoms with Gasteiger partial charge in [-0.1, -0.05) is 0 Å². The Bertz CT molecular complexity index is 131. The zero-order valence-electron chi connectivity index (χ0n) is 7.33. The monoisotopic (exact) mass is 219 g/mol. The summed E-state index contributed by atoms with van der Waals surface area (Å²) < 4.78 is 39.0. The second-order valence-electron chi connectivity index (χ2n) is 2.68. The fraction of sp³-hybridized carbons (Fsp3) is 1.00. The van der Waals surface area contributed by atoms with Crippen molar-refractivity contribution in [2.24, 2.45) is 0 Å². The standard InChI is InChI=1S/C7H13ClF3NO/c1-6(4-8)12-2-3-13-5-7(9,10)11/h6,12H,2-5H2,1H3. The Morgan fingerprint density at radius 2 is 2.08 bits per heavy atom. The lowest BCUT2D eigenvalue weighted by molar-refractivity contribution is -0.173. The number of rotatable bonds is 6. The second kappa shape index (κ2) is 6.45. The maximum absolute atomic E-state index is 11.5. The van der Waals surface area contributed by atoms with Crippen LogP contribution in [0.3, 0.4) is 0 Å². The lowest BCUT2D eigenvalue weighted by atomic mass is 10.4. The first kappa shape index (κ1) is 13.0. The summed E-state index contributed by atoms with van der Waals surface area (Å²) in [7, 11) is 0. The summed E-state index contributed by atoms with van der Waals surface area (Å²) >= 11 is 5.45. The highest BCUT2D eigenvalue weighted by atomic mass is 35.5. The maximum atomic E-state index is 11.5. The van der Waals surface area contributed by atoms with E-state index in [1.807, 2.05) is 6.92 Å². The van der Waals surface area contributed by atoms with Gasteiger partial charge in [0, 0.05) is 18.5 Å². The average molecular weight is 220 g/mol. The summed E-state index contributed by atoms with van der Waals surface area (Å²) in [5, 5.41) is 2.89. The highest BCUT2D eigenvalue weighted by molar-refractivity contribution is 6.18. The van der Waals surface area contributed by atoms with E-state index in [1.54, 1.807) is 0 Å². The van der Waals surface area contributed by atoms with Gasteiger partial charge in [-0.25, -0.2) is 0 Å². The number of nitrogens with one attached hydrogen (secondary N) is 1. The largest absolute Gasteiger partial charge is 0.411 e. The van der Waals surface area contributed by atoms with Crippen molar-refractivity contribution in [2.45, 2.75) is 19.1 Å². The van der Waals surface area contributed by atoms with E-state index in [1.165, 1.54) is 0 Å². The van der Waals surface area contributed by atoms with E-state index in [0.717, 1.165) is 0 Å². The van der Waals surface area contributed by atoms with Crippen molar-refractivity contribution >= 4 is 11.6 Å². The Labute approximate surface area is 80.4 Å². The first-order chi connectivity index (χ1) is 5.95. The Hall–Kier alpha value is -0.0000000000000000555. The molecule has 6 heteroatoms. The third-order valence-electron chi connectivity index (χ3n) is 1.24. The van der Waals surface area contributed by atoms with E-state index in [2.05, 4.69) is 10.1 Å². The molecule has 0 aromatic carbocycles. The summed E-state index contributed by atoms with van der Waals surface area (Å²) in [6, 6.07) is 0.0937. The number of hydrogen-bond donors (Lipinski definition) is 1. The quantitative estimate of drug-likeness (QED) is 0.543. The average Bonchev–Trinajstić information content (AvgIpc) is 2.01. The molecule has 0 aromatic rings. The summed E-state index contributed by atoms with van der Waals surface area (Å²) in [5.74, 6) is 0.430. The van der Waals surface area contributed by atoms with Crippen molar-refractivity contribution in [3.8, 4) is 0 Å². The van der Waals surface area contributed by atoms with E-state index in [-0.39, 0.29) is 12.6 Å². The molecule has 0 saturated heterocycles. The van der Waals surface area contributed by atoms with E-state index in [0.29, 0.717) is 12.4 Å². The molecular weight excluding hydrogens is 207 g/mol. The molecule has 1 unspecified atom stereocenters. The van der Waals surface area contributed by atoms with Gasteiger partial charge >= 0.3 is 6.18 Å². The number of alkyl halides is 4. The van der Waals surface area contributed by atoms with Crippen LogP contribution in [0.5, 0.6) is 0 Å². The molecule has 0 radical (unpaired) electrons. The molecule has 0 amide bonds. The van der Waals surface area contributed by atoms with E-state index in [9.17, 15) is 13.2 Å². The first-order valence-corrected chi connectivity index (χ1v) is 4.43. The molecule has 0 heterocycles. The predicted octanol–water partition coefficient (Wildman–Crippen LogP) is 1.78. The van der Waals surface area contributed by atoms with Crippen LogP contribution >= 0.6 is 11.6 Å². The van der Waals surface area contributed by atoms with Crippen LogP contribution in [0.2, 0.25) is 0 Å². The summed E-state index contributed by atoms with van der Waals surface area (Å²) in [5.41, 5.74) is 0. The number of hydrogen-bond acceptors (Lipinski definition) is 2. The normalized spacial score (nSPS) is 14.5. The molecule has 1 N–H and O–H groups in total. The van der Waals surface area contributed by atoms with Gasteiger partial charge in [0.1, 0.15) is 6.61 Å². The van der Waals surface area contributed by atoms with Gasteiger partial charge in [-0.15, -0.1) is 11.6 Å².